The number of nitrogens with one attached hydrogen (secondary N) is 1. The number of carbonyl (C=O) groups excluding carboxylic acids is 1. The van der Waals surface area contributed by atoms with Gasteiger partial charge in [-0.25, -0.2) is 9.59 Å². The van der Waals surface area contributed by atoms with E-state index in [-0.39, 0.29) is 19.4 Å². The molecule has 0 bridgehead atoms. The van der Waals surface area contributed by atoms with Gasteiger partial charge in [-0.1, -0.05) is 25.7 Å². The molecular formula is C13H21F3N2O3. The Morgan fingerprint density at radius 1 is 1.19 bits per heavy atom. The van der Waals surface area contributed by atoms with Crippen LogP contribution in [0.1, 0.15) is 45.4 Å². The minimum atomic E-state index is -4.51. The van der Waals surface area contributed by atoms with Gasteiger partial charge in [0.2, 0.25) is 0 Å². The topological polar surface area (TPSA) is 69.6 Å². The Kier molecular flexibility index (Phi) is 5.86. The molecule has 5 nitrogen and oxygen atoms in total. The van der Waals surface area contributed by atoms with Crippen molar-refractivity contribution in [2.45, 2.75) is 57.2 Å². The van der Waals surface area contributed by atoms with Gasteiger partial charge in [0.15, 0.2) is 0 Å². The highest BCUT2D eigenvalue weighted by molar-refractivity contribution is 5.86. The molecule has 1 saturated carbocycles. The summed E-state index contributed by atoms with van der Waals surface area (Å²) in [5.41, 5.74) is -1.45. The predicted molar refractivity (Wildman–Crippen MR) is 69.9 cm³/mol. The van der Waals surface area contributed by atoms with E-state index in [2.05, 4.69) is 5.32 Å². The monoisotopic (exact) mass is 310 g/mol. The molecule has 0 aromatic heterocycles. The summed E-state index contributed by atoms with van der Waals surface area (Å²) in [7, 11) is 0. The zero-order valence-corrected chi connectivity index (χ0v) is 12.0. The molecule has 2 N–H and O–H groups in total. The maximum absolute atomic E-state index is 12.4. The van der Waals surface area contributed by atoms with Crippen LogP contribution in [0.5, 0.6) is 0 Å². The van der Waals surface area contributed by atoms with Crippen molar-refractivity contribution in [1.82, 2.24) is 10.2 Å². The lowest BCUT2D eigenvalue weighted by Crippen LogP contribution is -2.58. The van der Waals surface area contributed by atoms with Gasteiger partial charge in [-0.15, -0.1) is 0 Å². The van der Waals surface area contributed by atoms with Gasteiger partial charge in [-0.2, -0.15) is 13.2 Å². The molecule has 1 aliphatic carbocycles. The first kappa shape index (κ1) is 17.6. The van der Waals surface area contributed by atoms with Crippen molar-refractivity contribution in [1.29, 1.82) is 0 Å². The van der Waals surface area contributed by atoms with Gasteiger partial charge in [0.1, 0.15) is 12.1 Å². The van der Waals surface area contributed by atoms with Crippen molar-refractivity contribution in [3.8, 4) is 0 Å². The van der Waals surface area contributed by atoms with E-state index in [4.69, 9.17) is 0 Å². The van der Waals surface area contributed by atoms with Gasteiger partial charge >= 0.3 is 18.2 Å². The van der Waals surface area contributed by atoms with Crippen LogP contribution in [0.25, 0.3) is 0 Å². The van der Waals surface area contributed by atoms with Crippen LogP contribution in [-0.4, -0.2) is 46.8 Å². The van der Waals surface area contributed by atoms with E-state index in [1.54, 1.807) is 0 Å². The first-order valence-corrected chi connectivity index (χ1v) is 7.07. The Morgan fingerprint density at radius 2 is 1.71 bits per heavy atom. The van der Waals surface area contributed by atoms with Crippen LogP contribution in [0.4, 0.5) is 18.0 Å². The highest BCUT2D eigenvalue weighted by atomic mass is 19.4. The Labute approximate surface area is 121 Å². The number of alkyl halides is 3. The standard InChI is InChI=1S/C13H21F3N2O3/c1-2-18(9-13(14,15)16)11(21)17-12(10(19)20)7-5-3-4-6-8-12/h2-9H2,1H3,(H,17,21)(H,19,20). The van der Waals surface area contributed by atoms with E-state index in [1.165, 1.54) is 6.92 Å². The number of carboxylic acids is 1. The first-order chi connectivity index (χ1) is 9.70. The lowest BCUT2D eigenvalue weighted by molar-refractivity contribution is -0.145. The van der Waals surface area contributed by atoms with Gasteiger partial charge in [-0.3, -0.25) is 0 Å². The van der Waals surface area contributed by atoms with E-state index in [0.29, 0.717) is 17.7 Å². The lowest BCUT2D eigenvalue weighted by Gasteiger charge is -2.32. The van der Waals surface area contributed by atoms with E-state index in [1.807, 2.05) is 0 Å². The van der Waals surface area contributed by atoms with Gasteiger partial charge in [0.05, 0.1) is 0 Å². The SMILES string of the molecule is CCN(CC(F)(F)F)C(=O)NC1(C(=O)O)CCCCCC1. The minimum Gasteiger partial charge on any atom is -0.480 e. The molecule has 0 aromatic carbocycles. The second-order valence-electron chi connectivity index (χ2n) is 5.36. The molecule has 0 radical (unpaired) electrons. The van der Waals surface area contributed by atoms with Crippen molar-refractivity contribution >= 4 is 12.0 Å². The maximum Gasteiger partial charge on any atom is 0.406 e. The van der Waals surface area contributed by atoms with E-state index >= 15 is 0 Å². The molecule has 122 valence electrons. The average Bonchev–Trinajstić information content (AvgIpc) is 2.61. The Bertz CT molecular complexity index is 377. The number of hydrogen-bond donors (Lipinski definition) is 2. The fraction of sp³-hybridized carbons (Fsp3) is 0.846. The van der Waals surface area contributed by atoms with Crippen LogP contribution >= 0.6 is 0 Å². The number of carbonyl (C=O) groups is 2. The summed E-state index contributed by atoms with van der Waals surface area (Å²) in [6, 6.07) is -0.973. The quantitative estimate of drug-likeness (QED) is 0.784. The molecule has 21 heavy (non-hydrogen) atoms. The van der Waals surface area contributed by atoms with Crippen molar-refractivity contribution in [3.63, 3.8) is 0 Å². The number of aliphatic carboxylic acids is 1. The molecule has 1 rings (SSSR count). The van der Waals surface area contributed by atoms with Crippen molar-refractivity contribution < 1.29 is 27.9 Å². The van der Waals surface area contributed by atoms with Crippen LogP contribution in [0.3, 0.4) is 0 Å². The van der Waals surface area contributed by atoms with Gasteiger partial charge in [0, 0.05) is 6.54 Å². The average molecular weight is 310 g/mol. The molecule has 0 atom stereocenters. The molecule has 0 heterocycles. The van der Waals surface area contributed by atoms with Gasteiger partial charge < -0.3 is 15.3 Å². The molecule has 0 aromatic rings. The van der Waals surface area contributed by atoms with Crippen LogP contribution in [-0.2, 0) is 4.79 Å². The van der Waals surface area contributed by atoms with Gasteiger partial charge in [0.25, 0.3) is 0 Å². The Balaban J connectivity index is 2.82. The number of hydrogen-bond acceptors (Lipinski definition) is 2. The second-order valence-corrected chi connectivity index (χ2v) is 5.36. The van der Waals surface area contributed by atoms with Crippen molar-refractivity contribution in [2.75, 3.05) is 13.1 Å². The molecule has 8 heteroatoms. The number of halogens is 3. The highest BCUT2D eigenvalue weighted by Crippen LogP contribution is 2.28. The van der Waals surface area contributed by atoms with Crippen LogP contribution in [0, 0.1) is 0 Å². The Hall–Kier alpha value is -1.47. The number of nitrogens with zero attached hydrogens (tertiary/aromatic N) is 1. The molecular weight excluding hydrogens is 289 g/mol. The number of amides is 2. The molecule has 0 unspecified atom stereocenters. The highest BCUT2D eigenvalue weighted by Gasteiger charge is 2.42. The third-order valence-electron chi connectivity index (χ3n) is 3.75. The van der Waals surface area contributed by atoms with Gasteiger partial charge in [-0.05, 0) is 19.8 Å². The zero-order chi connectivity index (χ0) is 16.1. The molecule has 0 saturated heterocycles. The summed E-state index contributed by atoms with van der Waals surface area (Å²) in [6.45, 7) is -0.0993. The first-order valence-electron chi connectivity index (χ1n) is 7.07. The third-order valence-corrected chi connectivity index (χ3v) is 3.75. The fourth-order valence-electron chi connectivity index (χ4n) is 2.55. The third kappa shape index (κ3) is 5.09. The van der Waals surface area contributed by atoms with Crippen molar-refractivity contribution in [3.05, 3.63) is 0 Å². The number of urea groups is 1. The van der Waals surface area contributed by atoms with Crippen LogP contribution in [0.2, 0.25) is 0 Å². The molecule has 0 aliphatic heterocycles. The zero-order valence-electron chi connectivity index (χ0n) is 12.0. The minimum absolute atomic E-state index is 0.138. The fourth-order valence-corrected chi connectivity index (χ4v) is 2.55. The van der Waals surface area contributed by atoms with Crippen LogP contribution in [0.15, 0.2) is 0 Å². The summed E-state index contributed by atoms with van der Waals surface area (Å²) in [5.74, 6) is -1.18. The molecule has 1 fully saturated rings. The molecule has 1 aliphatic rings. The van der Waals surface area contributed by atoms with Crippen molar-refractivity contribution in [2.24, 2.45) is 0 Å². The molecule has 2 amide bonds. The summed E-state index contributed by atoms with van der Waals surface area (Å²) in [4.78, 5) is 24.1. The molecule has 0 spiro atoms. The second kappa shape index (κ2) is 7.00. The smallest absolute Gasteiger partial charge is 0.406 e. The summed E-state index contributed by atoms with van der Waals surface area (Å²) in [6.07, 6.45) is -1.01. The largest absolute Gasteiger partial charge is 0.480 e. The lowest BCUT2D eigenvalue weighted by atomic mass is 9.90. The van der Waals surface area contributed by atoms with E-state index in [9.17, 15) is 27.9 Å². The van der Waals surface area contributed by atoms with E-state index < -0.39 is 30.3 Å². The van der Waals surface area contributed by atoms with Crippen LogP contribution < -0.4 is 5.32 Å². The number of carboxylic acid groups (broad SMARTS) is 1. The number of rotatable bonds is 4. The maximum atomic E-state index is 12.4. The Morgan fingerprint density at radius 3 is 2.10 bits per heavy atom. The summed E-state index contributed by atoms with van der Waals surface area (Å²) in [5, 5.41) is 11.7. The predicted octanol–water partition coefficient (Wildman–Crippen LogP) is 2.76. The summed E-state index contributed by atoms with van der Waals surface area (Å²) < 4.78 is 37.2. The van der Waals surface area contributed by atoms with E-state index in [0.717, 1.165) is 12.8 Å². The normalized spacial score (nSPS) is 18.7. The summed E-state index contributed by atoms with van der Waals surface area (Å²) >= 11 is 0.